The summed E-state index contributed by atoms with van der Waals surface area (Å²) in [7, 11) is 0. The van der Waals surface area contributed by atoms with E-state index in [1.807, 2.05) is 0 Å². The molecule has 1 fully saturated rings. The molecule has 3 rings (SSSR count). The molecule has 1 amide bonds. The van der Waals surface area contributed by atoms with E-state index in [1.54, 1.807) is 25.1 Å². The molecular weight excluding hydrogens is 204 g/mol. The number of nitrogens with zero attached hydrogens (tertiary/aromatic N) is 1. The van der Waals surface area contributed by atoms with Gasteiger partial charge in [-0.15, -0.1) is 0 Å². The number of amides is 1. The van der Waals surface area contributed by atoms with Crippen molar-refractivity contribution in [3.63, 3.8) is 0 Å². The molecule has 1 aliphatic rings. The van der Waals surface area contributed by atoms with Crippen molar-refractivity contribution in [1.29, 1.82) is 0 Å². The largest absolute Gasteiger partial charge is 0.441 e. The van der Waals surface area contributed by atoms with Crippen molar-refractivity contribution in [2.24, 2.45) is 0 Å². The SMILES string of the molecule is Cc1nc2cc(C(=O)NC3CC3)ccc2o1. The fourth-order valence-electron chi connectivity index (χ4n) is 1.68. The minimum absolute atomic E-state index is 0.0231. The molecule has 1 aliphatic carbocycles. The van der Waals surface area contributed by atoms with Crippen LogP contribution in [0.1, 0.15) is 29.1 Å². The summed E-state index contributed by atoms with van der Waals surface area (Å²) in [5.74, 6) is 0.597. The number of carbonyl (C=O) groups excluding carboxylic acids is 1. The summed E-state index contributed by atoms with van der Waals surface area (Å²) >= 11 is 0. The van der Waals surface area contributed by atoms with E-state index >= 15 is 0 Å². The van der Waals surface area contributed by atoms with Gasteiger partial charge in [0.2, 0.25) is 0 Å². The molecule has 1 aromatic heterocycles. The number of hydrogen-bond acceptors (Lipinski definition) is 3. The normalized spacial score (nSPS) is 15.3. The van der Waals surface area contributed by atoms with E-state index in [-0.39, 0.29) is 5.91 Å². The first-order valence-corrected chi connectivity index (χ1v) is 5.40. The molecule has 82 valence electrons. The van der Waals surface area contributed by atoms with E-state index in [4.69, 9.17) is 4.42 Å². The highest BCUT2D eigenvalue weighted by Gasteiger charge is 2.23. The van der Waals surface area contributed by atoms with Gasteiger partial charge in [-0.3, -0.25) is 4.79 Å². The van der Waals surface area contributed by atoms with Crippen LogP contribution in [0.25, 0.3) is 11.1 Å². The van der Waals surface area contributed by atoms with Gasteiger partial charge >= 0.3 is 0 Å². The lowest BCUT2D eigenvalue weighted by Gasteiger charge is -2.01. The number of aryl methyl sites for hydroxylation is 1. The molecule has 0 atom stereocenters. The number of oxazole rings is 1. The van der Waals surface area contributed by atoms with Crippen LogP contribution >= 0.6 is 0 Å². The number of nitrogens with one attached hydrogen (secondary N) is 1. The third kappa shape index (κ3) is 1.66. The van der Waals surface area contributed by atoms with E-state index in [1.165, 1.54) is 0 Å². The van der Waals surface area contributed by atoms with Crippen molar-refractivity contribution in [3.05, 3.63) is 29.7 Å². The second kappa shape index (κ2) is 3.33. The first-order valence-electron chi connectivity index (χ1n) is 5.40. The molecule has 4 heteroatoms. The van der Waals surface area contributed by atoms with Gasteiger partial charge in [-0.05, 0) is 31.0 Å². The number of carbonyl (C=O) groups is 1. The summed E-state index contributed by atoms with van der Waals surface area (Å²) in [6.07, 6.45) is 2.19. The average molecular weight is 216 g/mol. The van der Waals surface area contributed by atoms with Gasteiger partial charge in [0.1, 0.15) is 5.52 Å². The molecule has 1 saturated carbocycles. The molecular formula is C12H12N2O2. The van der Waals surface area contributed by atoms with Gasteiger partial charge in [0.05, 0.1) is 0 Å². The van der Waals surface area contributed by atoms with Crippen LogP contribution in [0.4, 0.5) is 0 Å². The summed E-state index contributed by atoms with van der Waals surface area (Å²) in [4.78, 5) is 16.0. The number of aromatic nitrogens is 1. The van der Waals surface area contributed by atoms with Gasteiger partial charge in [-0.25, -0.2) is 4.98 Å². The molecule has 0 unspecified atom stereocenters. The van der Waals surface area contributed by atoms with Gasteiger partial charge in [0, 0.05) is 18.5 Å². The third-order valence-electron chi connectivity index (χ3n) is 2.67. The fourth-order valence-corrected chi connectivity index (χ4v) is 1.68. The van der Waals surface area contributed by atoms with Crippen molar-refractivity contribution >= 4 is 17.0 Å². The summed E-state index contributed by atoms with van der Waals surface area (Å²) in [6, 6.07) is 5.70. The van der Waals surface area contributed by atoms with Gasteiger partial charge in [-0.2, -0.15) is 0 Å². The Bertz CT molecular complexity index is 555. The molecule has 1 heterocycles. The number of rotatable bonds is 2. The van der Waals surface area contributed by atoms with Crippen LogP contribution in [-0.2, 0) is 0 Å². The molecule has 16 heavy (non-hydrogen) atoms. The van der Waals surface area contributed by atoms with Crippen molar-refractivity contribution in [1.82, 2.24) is 10.3 Å². The van der Waals surface area contributed by atoms with Crippen LogP contribution in [-0.4, -0.2) is 16.9 Å². The smallest absolute Gasteiger partial charge is 0.251 e. The van der Waals surface area contributed by atoms with Gasteiger partial charge in [0.15, 0.2) is 11.5 Å². The molecule has 4 nitrogen and oxygen atoms in total. The number of benzene rings is 1. The Labute approximate surface area is 92.7 Å². The van der Waals surface area contributed by atoms with E-state index in [9.17, 15) is 4.79 Å². The first-order chi connectivity index (χ1) is 7.72. The predicted octanol–water partition coefficient (Wildman–Crippen LogP) is 2.03. The molecule has 0 saturated heterocycles. The molecule has 0 radical (unpaired) electrons. The molecule has 0 spiro atoms. The Morgan fingerprint density at radius 3 is 3.06 bits per heavy atom. The summed E-state index contributed by atoms with van der Waals surface area (Å²) in [6.45, 7) is 1.80. The fraction of sp³-hybridized carbons (Fsp3) is 0.333. The Balaban J connectivity index is 1.93. The molecule has 1 aromatic carbocycles. The highest BCUT2D eigenvalue weighted by Crippen LogP contribution is 2.21. The minimum atomic E-state index is -0.0231. The lowest BCUT2D eigenvalue weighted by Crippen LogP contribution is -2.25. The Morgan fingerprint density at radius 1 is 1.50 bits per heavy atom. The van der Waals surface area contributed by atoms with Crippen LogP contribution in [0.2, 0.25) is 0 Å². The van der Waals surface area contributed by atoms with Gasteiger partial charge in [-0.1, -0.05) is 0 Å². The van der Waals surface area contributed by atoms with Crippen molar-refractivity contribution in [2.45, 2.75) is 25.8 Å². The van der Waals surface area contributed by atoms with E-state index in [0.29, 0.717) is 17.5 Å². The molecule has 0 bridgehead atoms. The maximum atomic E-state index is 11.8. The maximum Gasteiger partial charge on any atom is 0.251 e. The van der Waals surface area contributed by atoms with E-state index < -0.39 is 0 Å². The van der Waals surface area contributed by atoms with Crippen LogP contribution in [0.5, 0.6) is 0 Å². The third-order valence-corrected chi connectivity index (χ3v) is 2.67. The lowest BCUT2D eigenvalue weighted by atomic mass is 10.2. The lowest BCUT2D eigenvalue weighted by molar-refractivity contribution is 0.0951. The molecule has 1 N–H and O–H groups in total. The maximum absolute atomic E-state index is 11.8. The zero-order valence-electron chi connectivity index (χ0n) is 8.99. The second-order valence-corrected chi connectivity index (χ2v) is 4.16. The van der Waals surface area contributed by atoms with Gasteiger partial charge < -0.3 is 9.73 Å². The van der Waals surface area contributed by atoms with Crippen LogP contribution in [0.3, 0.4) is 0 Å². The summed E-state index contributed by atoms with van der Waals surface area (Å²) in [5, 5.41) is 2.94. The number of hydrogen-bond donors (Lipinski definition) is 1. The monoisotopic (exact) mass is 216 g/mol. The van der Waals surface area contributed by atoms with Crippen molar-refractivity contribution < 1.29 is 9.21 Å². The van der Waals surface area contributed by atoms with Crippen LogP contribution in [0, 0.1) is 6.92 Å². The van der Waals surface area contributed by atoms with E-state index in [0.717, 1.165) is 23.9 Å². The van der Waals surface area contributed by atoms with Gasteiger partial charge in [0.25, 0.3) is 5.91 Å². The Hall–Kier alpha value is -1.84. The molecule has 2 aromatic rings. The summed E-state index contributed by atoms with van der Waals surface area (Å²) < 4.78 is 5.35. The first kappa shape index (κ1) is 9.39. The predicted molar refractivity (Wildman–Crippen MR) is 59.2 cm³/mol. The van der Waals surface area contributed by atoms with Crippen LogP contribution < -0.4 is 5.32 Å². The quantitative estimate of drug-likeness (QED) is 0.835. The van der Waals surface area contributed by atoms with Crippen molar-refractivity contribution in [3.8, 4) is 0 Å². The zero-order valence-corrected chi connectivity index (χ0v) is 8.99. The van der Waals surface area contributed by atoms with E-state index in [2.05, 4.69) is 10.3 Å². The topological polar surface area (TPSA) is 55.1 Å². The number of fused-ring (bicyclic) bond motifs is 1. The minimum Gasteiger partial charge on any atom is -0.441 e. The molecule has 0 aliphatic heterocycles. The summed E-state index contributed by atoms with van der Waals surface area (Å²) in [5.41, 5.74) is 2.11. The van der Waals surface area contributed by atoms with Crippen molar-refractivity contribution in [2.75, 3.05) is 0 Å². The highest BCUT2D eigenvalue weighted by molar-refractivity contribution is 5.97. The second-order valence-electron chi connectivity index (χ2n) is 4.16. The highest BCUT2D eigenvalue weighted by atomic mass is 16.3. The zero-order chi connectivity index (χ0) is 11.1. The standard InChI is InChI=1S/C12H12N2O2/c1-7-13-10-6-8(2-5-11(10)16-7)12(15)14-9-3-4-9/h2,5-6,9H,3-4H2,1H3,(H,14,15). The Kier molecular flexibility index (Phi) is 1.96. The van der Waals surface area contributed by atoms with Crippen LogP contribution in [0.15, 0.2) is 22.6 Å². The average Bonchev–Trinajstić information content (AvgIpc) is 2.96. The Morgan fingerprint density at radius 2 is 2.31 bits per heavy atom.